The van der Waals surface area contributed by atoms with Crippen LogP contribution in [0.5, 0.6) is 5.75 Å². The highest BCUT2D eigenvalue weighted by Gasteiger charge is 2.51. The Hall–Kier alpha value is -3.34. The normalized spacial score (nSPS) is 22.2. The van der Waals surface area contributed by atoms with Crippen LogP contribution in [0.3, 0.4) is 0 Å². The van der Waals surface area contributed by atoms with Crippen molar-refractivity contribution < 1.29 is 33.0 Å². The van der Waals surface area contributed by atoms with Crippen LogP contribution >= 0.6 is 0 Å². The van der Waals surface area contributed by atoms with E-state index in [4.69, 9.17) is 5.11 Å². The van der Waals surface area contributed by atoms with Crippen molar-refractivity contribution in [2.24, 2.45) is 0 Å². The van der Waals surface area contributed by atoms with Gasteiger partial charge in [0.25, 0.3) is 11.8 Å². The first-order valence-electron chi connectivity index (χ1n) is 11.3. The van der Waals surface area contributed by atoms with Gasteiger partial charge in [-0.15, -0.1) is 0 Å². The van der Waals surface area contributed by atoms with Gasteiger partial charge in [-0.25, -0.2) is 13.2 Å². The van der Waals surface area contributed by atoms with Crippen LogP contribution in [0.2, 0.25) is 0 Å². The predicted octanol–water partition coefficient (Wildman–Crippen LogP) is 2.18. The molecule has 35 heavy (non-hydrogen) atoms. The van der Waals surface area contributed by atoms with E-state index in [1.807, 2.05) is 6.92 Å². The summed E-state index contributed by atoms with van der Waals surface area (Å²) in [7, 11) is 1.00. The summed E-state index contributed by atoms with van der Waals surface area (Å²) < 4.78 is 42.7. The van der Waals surface area contributed by atoms with Crippen molar-refractivity contribution in [2.75, 3.05) is 13.7 Å². The minimum atomic E-state index is -1.17. The average molecular weight is 493 g/mol. The van der Waals surface area contributed by atoms with Crippen LogP contribution < -0.4 is 10.7 Å². The fourth-order valence-corrected chi connectivity index (χ4v) is 5.59. The highest BCUT2D eigenvalue weighted by molar-refractivity contribution is 6.00. The molecule has 1 aromatic carbocycles. The molecular formula is C24H26F3N3O5. The number of halogens is 3. The Morgan fingerprint density at radius 3 is 2.49 bits per heavy atom. The van der Waals surface area contributed by atoms with Crippen LogP contribution in [-0.4, -0.2) is 51.2 Å². The molecule has 3 aliphatic rings. The van der Waals surface area contributed by atoms with Gasteiger partial charge in [0.2, 0.25) is 5.43 Å². The van der Waals surface area contributed by atoms with Crippen molar-refractivity contribution in [3.63, 3.8) is 0 Å². The van der Waals surface area contributed by atoms with Gasteiger partial charge in [0.1, 0.15) is 23.0 Å². The molecule has 3 N–H and O–H groups in total. The maximum absolute atomic E-state index is 14.0. The van der Waals surface area contributed by atoms with Crippen LogP contribution in [0.1, 0.15) is 64.7 Å². The summed E-state index contributed by atoms with van der Waals surface area (Å²) >= 11 is 0. The summed E-state index contributed by atoms with van der Waals surface area (Å²) in [6, 6.07) is 0.961. The lowest BCUT2D eigenvalue weighted by atomic mass is 9.89. The van der Waals surface area contributed by atoms with Crippen LogP contribution in [0, 0.1) is 17.5 Å². The summed E-state index contributed by atoms with van der Waals surface area (Å²) in [6.45, 7) is 1.75. The molecule has 188 valence electrons. The van der Waals surface area contributed by atoms with E-state index in [0.29, 0.717) is 37.2 Å². The van der Waals surface area contributed by atoms with Gasteiger partial charge < -0.3 is 25.0 Å². The average Bonchev–Trinajstić information content (AvgIpc) is 3.09. The number of hydrogen-bond donors (Lipinski definition) is 3. The number of benzene rings is 1. The van der Waals surface area contributed by atoms with Crippen LogP contribution in [0.4, 0.5) is 13.2 Å². The number of fused-ring (bicyclic) bond motifs is 1. The number of rotatable bonds is 3. The zero-order chi connectivity index (χ0) is 25.7. The molecule has 0 saturated carbocycles. The van der Waals surface area contributed by atoms with Crippen molar-refractivity contribution in [1.82, 2.24) is 14.8 Å². The molecule has 0 aliphatic carbocycles. The molecule has 1 fully saturated rings. The molecule has 0 radical (unpaired) electrons. The maximum atomic E-state index is 14.0. The summed E-state index contributed by atoms with van der Waals surface area (Å²) in [5.74, 6) is -5.58. The van der Waals surface area contributed by atoms with Crippen molar-refractivity contribution in [1.29, 1.82) is 0 Å². The lowest BCUT2D eigenvalue weighted by Crippen LogP contribution is -2.54. The first kappa shape index (κ1) is 24.8. The number of carbonyl (C=O) groups excluding carboxylic acids is 2. The van der Waals surface area contributed by atoms with Gasteiger partial charge in [-0.2, -0.15) is 0 Å². The van der Waals surface area contributed by atoms with Gasteiger partial charge in [-0.05, 0) is 39.0 Å². The minimum absolute atomic E-state index is 0.0346. The van der Waals surface area contributed by atoms with Crippen LogP contribution in [0.25, 0.3) is 0 Å². The summed E-state index contributed by atoms with van der Waals surface area (Å²) in [5.41, 5.74) is -2.16. The number of aliphatic hydroxyl groups is 1. The molecule has 2 amide bonds. The number of aliphatic hydroxyl groups excluding tert-OH is 1. The van der Waals surface area contributed by atoms with E-state index in [1.54, 1.807) is 9.47 Å². The van der Waals surface area contributed by atoms with Gasteiger partial charge in [-0.1, -0.05) is 0 Å². The first-order chi connectivity index (χ1) is 16.6. The third-order valence-corrected chi connectivity index (χ3v) is 7.23. The second kappa shape index (κ2) is 9.03. The maximum Gasteiger partial charge on any atom is 0.274 e. The second-order valence-electron chi connectivity index (χ2n) is 9.11. The monoisotopic (exact) mass is 493 g/mol. The summed E-state index contributed by atoms with van der Waals surface area (Å²) in [5, 5.41) is 20.0. The number of aromatic hydroxyl groups is 1. The number of nitrogens with one attached hydrogen (secondary N) is 1. The Kier molecular flexibility index (Phi) is 6.39. The molecule has 11 heteroatoms. The van der Waals surface area contributed by atoms with Gasteiger partial charge >= 0.3 is 0 Å². The molecule has 2 bridgehead atoms. The Balaban J connectivity index is 0.00000141. The quantitative estimate of drug-likeness (QED) is 0.607. The SMILES string of the molecule is CC1CCC[C@]23CCc4c(C(=O)NCc5c(F)cc(F)cc5F)c(=O)c(O)c(n42)C(=O)N1C3.CO. The highest BCUT2D eigenvalue weighted by atomic mass is 19.1. The van der Waals surface area contributed by atoms with Crippen molar-refractivity contribution >= 4 is 11.8 Å². The molecule has 4 heterocycles. The van der Waals surface area contributed by atoms with Gasteiger partial charge in [0.05, 0.1) is 5.54 Å². The Labute approximate surface area is 199 Å². The van der Waals surface area contributed by atoms with Crippen molar-refractivity contribution in [3.05, 3.63) is 62.3 Å². The molecule has 1 aromatic heterocycles. The van der Waals surface area contributed by atoms with E-state index in [0.717, 1.165) is 26.4 Å². The number of amides is 2. The largest absolute Gasteiger partial charge is 0.503 e. The fraction of sp³-hybridized carbons (Fsp3) is 0.458. The lowest BCUT2D eigenvalue weighted by molar-refractivity contribution is 0.0502. The molecule has 5 rings (SSSR count). The van der Waals surface area contributed by atoms with E-state index >= 15 is 0 Å². The van der Waals surface area contributed by atoms with Crippen LogP contribution in [0.15, 0.2) is 16.9 Å². The third kappa shape index (κ3) is 3.78. The molecule has 2 atom stereocenters. The van der Waals surface area contributed by atoms with Crippen molar-refractivity contribution in [2.45, 2.75) is 57.2 Å². The Morgan fingerprint density at radius 1 is 1.17 bits per heavy atom. The number of carbonyl (C=O) groups is 2. The fourth-order valence-electron chi connectivity index (χ4n) is 5.59. The zero-order valence-electron chi connectivity index (χ0n) is 19.3. The first-order valence-corrected chi connectivity index (χ1v) is 11.3. The van der Waals surface area contributed by atoms with Crippen LogP contribution in [-0.2, 0) is 18.5 Å². The van der Waals surface area contributed by atoms with E-state index in [1.165, 1.54) is 0 Å². The molecular weight excluding hydrogens is 467 g/mol. The summed E-state index contributed by atoms with van der Waals surface area (Å²) in [4.78, 5) is 40.9. The standard InChI is InChI=1S/C23H22F3N3O4.CH4O/c1-11-3-2-5-23-6-4-16-17(19(30)20(31)18(29(16)23)22(33)28(11)10-23)21(32)27-9-13-14(25)7-12(24)8-15(13)26;1-2/h7-8,11,31H,2-6,9-10H2,1H3,(H,27,32);2H,1H3/t11?,23-;/m1./s1. The topological polar surface area (TPSA) is 112 Å². The zero-order valence-corrected chi connectivity index (χ0v) is 19.3. The molecule has 8 nitrogen and oxygen atoms in total. The van der Waals surface area contributed by atoms with Gasteiger partial charge in [0, 0.05) is 49.6 Å². The molecule has 1 unspecified atom stereocenters. The van der Waals surface area contributed by atoms with Gasteiger partial charge in [0.15, 0.2) is 11.4 Å². The van der Waals surface area contributed by atoms with Crippen molar-refractivity contribution in [3.8, 4) is 5.75 Å². The summed E-state index contributed by atoms with van der Waals surface area (Å²) in [6.07, 6.45) is 3.32. The number of nitrogens with zero attached hydrogens (tertiary/aromatic N) is 2. The smallest absolute Gasteiger partial charge is 0.274 e. The molecule has 1 saturated heterocycles. The third-order valence-electron chi connectivity index (χ3n) is 7.23. The highest BCUT2D eigenvalue weighted by Crippen LogP contribution is 2.46. The van der Waals surface area contributed by atoms with Gasteiger partial charge in [-0.3, -0.25) is 14.4 Å². The minimum Gasteiger partial charge on any atom is -0.503 e. The molecule has 1 spiro atoms. The van der Waals surface area contributed by atoms with E-state index in [9.17, 15) is 32.7 Å². The second-order valence-corrected chi connectivity index (χ2v) is 9.11. The van der Waals surface area contributed by atoms with E-state index in [2.05, 4.69) is 5.32 Å². The number of hydrogen-bond acceptors (Lipinski definition) is 5. The van der Waals surface area contributed by atoms with E-state index < -0.39 is 58.1 Å². The lowest BCUT2D eigenvalue weighted by Gasteiger charge is -2.43. The predicted molar refractivity (Wildman–Crippen MR) is 119 cm³/mol. The Bertz CT molecular complexity index is 1260. The molecule has 3 aliphatic heterocycles. The Morgan fingerprint density at radius 2 is 1.83 bits per heavy atom. The van der Waals surface area contributed by atoms with E-state index in [-0.39, 0.29) is 17.3 Å². The number of aromatic nitrogens is 1. The molecule has 2 aromatic rings. The number of pyridine rings is 1.